The van der Waals surface area contributed by atoms with E-state index in [2.05, 4.69) is 45.2 Å². The largest absolute Gasteiger partial charge is 0.480 e. The number of unbranched alkanes of at least 4 members (excludes halogenated alkanes) is 8. The van der Waals surface area contributed by atoms with E-state index in [0.717, 1.165) is 49.9 Å². The Kier molecular flexibility index (Phi) is 14.7. The Morgan fingerprint density at radius 1 is 0.830 bits per heavy atom. The van der Waals surface area contributed by atoms with Crippen molar-refractivity contribution in [2.24, 2.45) is 46.3 Å². The number of hydrogen-bond acceptors (Lipinski definition) is 4. The predicted octanol–water partition coefficient (Wildman–Crippen LogP) is 10.0. The summed E-state index contributed by atoms with van der Waals surface area (Å²) in [5, 5.41) is 11.4. The maximum Gasteiger partial charge on any atom is 0.322 e. The van der Waals surface area contributed by atoms with Gasteiger partial charge in [-0.25, -0.2) is 0 Å². The summed E-state index contributed by atoms with van der Waals surface area (Å²) in [6.07, 6.45) is 29.9. The molecule has 4 saturated carbocycles. The molecule has 4 fully saturated rings. The van der Waals surface area contributed by atoms with E-state index in [1.165, 1.54) is 96.3 Å². The number of esters is 1. The van der Waals surface area contributed by atoms with Gasteiger partial charge < -0.3 is 15.2 Å². The number of nitrogens with one attached hydrogen (secondary N) is 1. The second kappa shape index (κ2) is 18.2. The number of carboxylic acid groups (broad SMARTS) is 1. The lowest BCUT2D eigenvalue weighted by Gasteiger charge is -2.61. The molecule has 0 heterocycles. The number of amides is 1. The van der Waals surface area contributed by atoms with Crippen LogP contribution in [0.15, 0.2) is 12.2 Å². The zero-order valence-electron chi connectivity index (χ0n) is 30.5. The Labute approximate surface area is 287 Å². The van der Waals surface area contributed by atoms with Crippen molar-refractivity contribution in [3.05, 3.63) is 12.2 Å². The number of fused-ring (bicyclic) bond motifs is 5. The lowest BCUT2D eigenvalue weighted by molar-refractivity contribution is -0.162. The quantitative estimate of drug-likeness (QED) is 0.0821. The molecule has 6 heteroatoms. The van der Waals surface area contributed by atoms with Crippen LogP contribution in [0.2, 0.25) is 0 Å². The molecule has 0 radical (unpaired) electrons. The van der Waals surface area contributed by atoms with E-state index in [4.69, 9.17) is 9.84 Å². The van der Waals surface area contributed by atoms with E-state index < -0.39 is 5.97 Å². The first-order valence-corrected chi connectivity index (χ1v) is 19.9. The molecule has 2 N–H and O–H groups in total. The fraction of sp³-hybridized carbons (Fsp3) is 0.878. The molecule has 0 aromatic rings. The molecule has 0 aliphatic heterocycles. The SMILES string of the molecule is CCCCC/C=C\CCCCCCCC(=O)OC1CCC2(C)C(CCC3C2CCC2(C)C(C(C)CCC(=O)NCC(=O)O)CCC32)C1. The third kappa shape index (κ3) is 10.1. The minimum atomic E-state index is -0.990. The van der Waals surface area contributed by atoms with Crippen LogP contribution in [0.25, 0.3) is 0 Å². The van der Waals surface area contributed by atoms with E-state index in [9.17, 15) is 14.4 Å². The highest BCUT2D eigenvalue weighted by atomic mass is 16.5. The highest BCUT2D eigenvalue weighted by molar-refractivity contribution is 5.81. The minimum absolute atomic E-state index is 0.0289. The summed E-state index contributed by atoms with van der Waals surface area (Å²) >= 11 is 0. The minimum Gasteiger partial charge on any atom is -0.480 e. The Morgan fingerprint density at radius 3 is 2.26 bits per heavy atom. The molecule has 0 saturated heterocycles. The van der Waals surface area contributed by atoms with Gasteiger partial charge in [-0.2, -0.15) is 0 Å². The predicted molar refractivity (Wildman–Crippen MR) is 190 cm³/mol. The lowest BCUT2D eigenvalue weighted by Crippen LogP contribution is -2.54. The van der Waals surface area contributed by atoms with Gasteiger partial charge in [0.25, 0.3) is 0 Å². The van der Waals surface area contributed by atoms with Crippen molar-refractivity contribution in [3.63, 3.8) is 0 Å². The molecular weight excluding hydrogens is 586 g/mol. The molecule has 0 bridgehead atoms. The molecule has 9 atom stereocenters. The van der Waals surface area contributed by atoms with Gasteiger partial charge in [-0.1, -0.05) is 72.0 Å². The van der Waals surface area contributed by atoms with Gasteiger partial charge in [-0.15, -0.1) is 0 Å². The van der Waals surface area contributed by atoms with Crippen LogP contribution in [0.3, 0.4) is 0 Å². The topological polar surface area (TPSA) is 92.7 Å². The number of ether oxygens (including phenoxy) is 1. The molecule has 9 unspecified atom stereocenters. The smallest absolute Gasteiger partial charge is 0.322 e. The Morgan fingerprint density at radius 2 is 1.51 bits per heavy atom. The summed E-state index contributed by atoms with van der Waals surface area (Å²) in [7, 11) is 0. The van der Waals surface area contributed by atoms with Crippen molar-refractivity contribution in [2.45, 2.75) is 175 Å². The number of rotatable bonds is 19. The molecule has 4 aliphatic rings. The van der Waals surface area contributed by atoms with Gasteiger partial charge in [0.1, 0.15) is 12.6 Å². The first kappa shape index (κ1) is 38.0. The average molecular weight is 656 g/mol. The number of allylic oxidation sites excluding steroid dienone is 2. The van der Waals surface area contributed by atoms with Gasteiger partial charge >= 0.3 is 11.9 Å². The number of carbonyl (C=O) groups is 3. The summed E-state index contributed by atoms with van der Waals surface area (Å²) in [5.74, 6) is 3.03. The van der Waals surface area contributed by atoms with E-state index in [1.54, 1.807) is 0 Å². The normalized spacial score (nSPS) is 33.9. The molecule has 0 aromatic carbocycles. The molecule has 1 amide bonds. The first-order valence-electron chi connectivity index (χ1n) is 19.9. The van der Waals surface area contributed by atoms with Gasteiger partial charge in [0.05, 0.1) is 0 Å². The van der Waals surface area contributed by atoms with Crippen molar-refractivity contribution in [2.75, 3.05) is 6.54 Å². The first-order chi connectivity index (χ1) is 22.6. The summed E-state index contributed by atoms with van der Waals surface area (Å²) < 4.78 is 6.11. The lowest BCUT2D eigenvalue weighted by atomic mass is 9.44. The van der Waals surface area contributed by atoms with E-state index >= 15 is 0 Å². The molecule has 4 aliphatic carbocycles. The van der Waals surface area contributed by atoms with Crippen molar-refractivity contribution in [1.82, 2.24) is 5.32 Å². The van der Waals surface area contributed by atoms with Gasteiger partial charge in [0.15, 0.2) is 0 Å². The third-order valence-corrected chi connectivity index (χ3v) is 13.8. The highest BCUT2D eigenvalue weighted by Crippen LogP contribution is 2.68. The van der Waals surface area contributed by atoms with E-state index in [-0.39, 0.29) is 24.5 Å². The fourth-order valence-electron chi connectivity index (χ4n) is 11.2. The second-order valence-corrected chi connectivity index (χ2v) is 16.7. The summed E-state index contributed by atoms with van der Waals surface area (Å²) in [5.41, 5.74) is 0.711. The zero-order chi connectivity index (χ0) is 33.9. The highest BCUT2D eigenvalue weighted by Gasteiger charge is 2.60. The van der Waals surface area contributed by atoms with E-state index in [0.29, 0.717) is 41.4 Å². The van der Waals surface area contributed by atoms with Crippen LogP contribution < -0.4 is 5.32 Å². The van der Waals surface area contributed by atoms with Crippen molar-refractivity contribution in [3.8, 4) is 0 Å². The molecular formula is C41H69NO5. The van der Waals surface area contributed by atoms with Crippen LogP contribution in [0.1, 0.15) is 169 Å². The van der Waals surface area contributed by atoms with Crippen LogP contribution >= 0.6 is 0 Å². The standard InChI is InChI=1S/C41H69NO5/c1-5-6-7-8-9-10-11-12-13-14-15-16-17-39(46)47-32-24-26-40(3)31(28-32)19-20-33-35-22-21-34(41(35,4)27-25-36(33)40)30(2)18-23-37(43)42-29-38(44)45/h9-10,30-36H,5-8,11-29H2,1-4H3,(H,42,43)(H,44,45)/b10-9-. The fourth-order valence-corrected chi connectivity index (χ4v) is 11.2. The molecule has 0 aromatic heterocycles. The van der Waals surface area contributed by atoms with Crippen molar-refractivity contribution in [1.29, 1.82) is 0 Å². The van der Waals surface area contributed by atoms with Crippen LogP contribution in [0.4, 0.5) is 0 Å². The summed E-state index contributed by atoms with van der Waals surface area (Å²) in [6.45, 7) is 9.43. The van der Waals surface area contributed by atoms with Crippen molar-refractivity contribution < 1.29 is 24.2 Å². The maximum atomic E-state index is 12.8. The van der Waals surface area contributed by atoms with Crippen LogP contribution in [-0.2, 0) is 19.1 Å². The zero-order valence-corrected chi connectivity index (χ0v) is 30.5. The van der Waals surface area contributed by atoms with Crippen molar-refractivity contribution >= 4 is 17.8 Å². The summed E-state index contributed by atoms with van der Waals surface area (Å²) in [4.78, 5) is 35.8. The van der Waals surface area contributed by atoms with Gasteiger partial charge in [0.2, 0.25) is 5.91 Å². The second-order valence-electron chi connectivity index (χ2n) is 16.7. The van der Waals surface area contributed by atoms with E-state index in [1.807, 2.05) is 0 Å². The molecule has 47 heavy (non-hydrogen) atoms. The van der Waals surface area contributed by atoms with Gasteiger partial charge in [-0.3, -0.25) is 14.4 Å². The van der Waals surface area contributed by atoms with Crippen LogP contribution in [0, 0.1) is 46.3 Å². The number of carbonyl (C=O) groups excluding carboxylic acids is 2. The number of aliphatic carboxylic acids is 1. The number of carboxylic acids is 1. The van der Waals surface area contributed by atoms with Crippen LogP contribution in [-0.4, -0.2) is 35.6 Å². The molecule has 6 nitrogen and oxygen atoms in total. The average Bonchev–Trinajstić information content (AvgIpc) is 3.40. The van der Waals surface area contributed by atoms with Crippen LogP contribution in [0.5, 0.6) is 0 Å². The summed E-state index contributed by atoms with van der Waals surface area (Å²) in [6, 6.07) is 0. The maximum absolute atomic E-state index is 12.8. The molecule has 0 spiro atoms. The number of hydrogen-bond donors (Lipinski definition) is 2. The Hall–Kier alpha value is -1.85. The van der Waals surface area contributed by atoms with Gasteiger partial charge in [-0.05, 0) is 143 Å². The molecule has 4 rings (SSSR count). The van der Waals surface area contributed by atoms with Gasteiger partial charge in [0, 0.05) is 12.8 Å². The Bertz CT molecular complexity index is 1040. The third-order valence-electron chi connectivity index (χ3n) is 13.8. The monoisotopic (exact) mass is 656 g/mol. The molecule has 268 valence electrons. The Balaban J connectivity index is 1.16.